The standard InChI is InChI=1S/C11H15N3O2/c1-7(2)6-13-14-11(16)9-4-3-8(12)5-10(9)15/h3-7,15H,12H2,1-2H3,(H,14,16)/b13-6+. The van der Waals surface area contributed by atoms with Crippen LogP contribution in [0.25, 0.3) is 0 Å². The van der Waals surface area contributed by atoms with Gasteiger partial charge < -0.3 is 10.8 Å². The van der Waals surface area contributed by atoms with Gasteiger partial charge in [0.1, 0.15) is 5.75 Å². The molecule has 0 radical (unpaired) electrons. The molecule has 16 heavy (non-hydrogen) atoms. The van der Waals surface area contributed by atoms with Crippen molar-refractivity contribution in [3.63, 3.8) is 0 Å². The average Bonchev–Trinajstić information content (AvgIpc) is 2.16. The number of phenolic OH excluding ortho intramolecular Hbond substituents is 1. The van der Waals surface area contributed by atoms with E-state index < -0.39 is 5.91 Å². The third-order valence-electron chi connectivity index (χ3n) is 1.81. The molecular formula is C11H15N3O2. The first-order valence-electron chi connectivity index (χ1n) is 4.92. The highest BCUT2D eigenvalue weighted by Crippen LogP contribution is 2.19. The Kier molecular flexibility index (Phi) is 3.88. The van der Waals surface area contributed by atoms with Crippen molar-refractivity contribution in [2.75, 3.05) is 5.73 Å². The SMILES string of the molecule is CC(C)/C=N/NC(=O)c1ccc(N)cc1O. The predicted octanol–water partition coefficient (Wildman–Crippen LogP) is 1.35. The van der Waals surface area contributed by atoms with Gasteiger partial charge in [-0.15, -0.1) is 0 Å². The average molecular weight is 221 g/mol. The summed E-state index contributed by atoms with van der Waals surface area (Å²) in [5.74, 6) is -0.369. The van der Waals surface area contributed by atoms with Gasteiger partial charge in [0.25, 0.3) is 5.91 Å². The van der Waals surface area contributed by atoms with Crippen LogP contribution in [-0.4, -0.2) is 17.2 Å². The Morgan fingerprint density at radius 1 is 1.56 bits per heavy atom. The van der Waals surface area contributed by atoms with Crippen molar-refractivity contribution in [2.45, 2.75) is 13.8 Å². The van der Waals surface area contributed by atoms with Gasteiger partial charge in [0.05, 0.1) is 5.56 Å². The molecule has 1 rings (SSSR count). The Hall–Kier alpha value is -2.04. The zero-order valence-electron chi connectivity index (χ0n) is 9.27. The van der Waals surface area contributed by atoms with E-state index in [1.54, 1.807) is 12.3 Å². The fourth-order valence-corrected chi connectivity index (χ4v) is 1.05. The molecule has 0 saturated carbocycles. The molecule has 0 unspecified atom stereocenters. The molecule has 1 aromatic rings. The number of aromatic hydroxyl groups is 1. The summed E-state index contributed by atoms with van der Waals surface area (Å²) < 4.78 is 0. The van der Waals surface area contributed by atoms with Crippen LogP contribution in [0.5, 0.6) is 5.75 Å². The fraction of sp³-hybridized carbons (Fsp3) is 0.273. The van der Waals surface area contributed by atoms with E-state index >= 15 is 0 Å². The van der Waals surface area contributed by atoms with Crippen molar-refractivity contribution in [1.29, 1.82) is 0 Å². The summed E-state index contributed by atoms with van der Waals surface area (Å²) in [5, 5.41) is 13.2. The van der Waals surface area contributed by atoms with Crippen LogP contribution < -0.4 is 11.2 Å². The van der Waals surface area contributed by atoms with Crippen LogP contribution >= 0.6 is 0 Å². The smallest absolute Gasteiger partial charge is 0.275 e. The van der Waals surface area contributed by atoms with Gasteiger partial charge in [-0.2, -0.15) is 5.10 Å². The van der Waals surface area contributed by atoms with Gasteiger partial charge in [0.2, 0.25) is 0 Å². The minimum absolute atomic E-state index is 0.148. The minimum Gasteiger partial charge on any atom is -0.507 e. The molecule has 1 amide bonds. The Labute approximate surface area is 94.0 Å². The van der Waals surface area contributed by atoms with E-state index in [-0.39, 0.29) is 17.2 Å². The van der Waals surface area contributed by atoms with E-state index in [4.69, 9.17) is 5.73 Å². The van der Waals surface area contributed by atoms with Crippen LogP contribution in [0.2, 0.25) is 0 Å². The lowest BCUT2D eigenvalue weighted by Gasteiger charge is -2.03. The van der Waals surface area contributed by atoms with Crippen LogP contribution in [0.1, 0.15) is 24.2 Å². The number of carbonyl (C=O) groups is 1. The van der Waals surface area contributed by atoms with Crippen LogP contribution in [0.3, 0.4) is 0 Å². The highest BCUT2D eigenvalue weighted by Gasteiger charge is 2.09. The van der Waals surface area contributed by atoms with Gasteiger partial charge >= 0.3 is 0 Å². The van der Waals surface area contributed by atoms with E-state index in [0.29, 0.717) is 5.69 Å². The number of anilines is 1. The van der Waals surface area contributed by atoms with Gasteiger partial charge in [0, 0.05) is 18.0 Å². The third kappa shape index (κ3) is 3.27. The van der Waals surface area contributed by atoms with Crippen LogP contribution in [0.4, 0.5) is 5.69 Å². The van der Waals surface area contributed by atoms with Crippen molar-refractivity contribution in [3.8, 4) is 5.75 Å². The van der Waals surface area contributed by atoms with Crippen LogP contribution in [-0.2, 0) is 0 Å². The number of carbonyl (C=O) groups excluding carboxylic acids is 1. The first kappa shape index (κ1) is 12.0. The maximum atomic E-state index is 11.5. The van der Waals surface area contributed by atoms with Gasteiger partial charge in [-0.1, -0.05) is 13.8 Å². The molecule has 4 N–H and O–H groups in total. The number of nitrogens with zero attached hydrogens (tertiary/aromatic N) is 1. The summed E-state index contributed by atoms with van der Waals surface area (Å²) in [5.41, 5.74) is 8.32. The fourth-order valence-electron chi connectivity index (χ4n) is 1.05. The highest BCUT2D eigenvalue weighted by molar-refractivity contribution is 5.97. The second-order valence-electron chi connectivity index (χ2n) is 3.74. The molecule has 5 heteroatoms. The Morgan fingerprint density at radius 2 is 2.25 bits per heavy atom. The first-order chi connectivity index (χ1) is 7.50. The molecule has 0 aliphatic rings. The third-order valence-corrected chi connectivity index (χ3v) is 1.81. The van der Waals surface area contributed by atoms with Gasteiger partial charge in [0.15, 0.2) is 0 Å². The number of nitrogens with one attached hydrogen (secondary N) is 1. The number of rotatable bonds is 3. The zero-order chi connectivity index (χ0) is 12.1. The summed E-state index contributed by atoms with van der Waals surface area (Å²) in [6.45, 7) is 3.88. The lowest BCUT2D eigenvalue weighted by molar-refractivity contribution is 0.0952. The van der Waals surface area contributed by atoms with Gasteiger partial charge in [-0.05, 0) is 18.1 Å². The number of amides is 1. The molecule has 0 saturated heterocycles. The Bertz CT molecular complexity index is 414. The molecule has 0 aliphatic heterocycles. The quantitative estimate of drug-likeness (QED) is 0.409. The molecule has 5 nitrogen and oxygen atoms in total. The van der Waals surface area contributed by atoms with Crippen molar-refractivity contribution >= 4 is 17.8 Å². The van der Waals surface area contributed by atoms with Crippen molar-refractivity contribution < 1.29 is 9.90 Å². The lowest BCUT2D eigenvalue weighted by Crippen LogP contribution is -2.18. The molecule has 0 heterocycles. The van der Waals surface area contributed by atoms with E-state index in [2.05, 4.69) is 10.5 Å². The summed E-state index contributed by atoms with van der Waals surface area (Å²) >= 11 is 0. The number of hydrogen-bond donors (Lipinski definition) is 3. The van der Waals surface area contributed by atoms with Crippen molar-refractivity contribution in [1.82, 2.24) is 5.43 Å². The highest BCUT2D eigenvalue weighted by atomic mass is 16.3. The van der Waals surface area contributed by atoms with E-state index in [1.807, 2.05) is 13.8 Å². The lowest BCUT2D eigenvalue weighted by atomic mass is 10.2. The second kappa shape index (κ2) is 5.16. The predicted molar refractivity (Wildman–Crippen MR) is 63.3 cm³/mol. The molecule has 0 aliphatic carbocycles. The molecule has 1 aromatic carbocycles. The number of hydrazone groups is 1. The summed E-state index contributed by atoms with van der Waals surface area (Å²) in [6.07, 6.45) is 1.60. The molecular weight excluding hydrogens is 206 g/mol. The normalized spacial score (nSPS) is 10.9. The molecule has 0 fully saturated rings. The van der Waals surface area contributed by atoms with Gasteiger partial charge in [-0.25, -0.2) is 5.43 Å². The largest absolute Gasteiger partial charge is 0.507 e. The van der Waals surface area contributed by atoms with Crippen LogP contribution in [0, 0.1) is 5.92 Å². The summed E-state index contributed by atoms with van der Waals surface area (Å²) in [6, 6.07) is 4.31. The topological polar surface area (TPSA) is 87.7 Å². The molecule has 0 atom stereocenters. The number of phenols is 1. The maximum Gasteiger partial charge on any atom is 0.275 e. The van der Waals surface area contributed by atoms with Crippen molar-refractivity contribution in [3.05, 3.63) is 23.8 Å². The van der Waals surface area contributed by atoms with E-state index in [9.17, 15) is 9.90 Å². The van der Waals surface area contributed by atoms with Crippen molar-refractivity contribution in [2.24, 2.45) is 11.0 Å². The van der Waals surface area contributed by atoms with Gasteiger partial charge in [-0.3, -0.25) is 4.79 Å². The zero-order valence-corrected chi connectivity index (χ0v) is 9.27. The Balaban J connectivity index is 2.74. The summed E-state index contributed by atoms with van der Waals surface area (Å²) in [7, 11) is 0. The number of nitrogens with two attached hydrogens (primary N) is 1. The second-order valence-corrected chi connectivity index (χ2v) is 3.74. The number of benzene rings is 1. The molecule has 86 valence electrons. The van der Waals surface area contributed by atoms with E-state index in [0.717, 1.165) is 0 Å². The molecule has 0 spiro atoms. The molecule has 0 bridgehead atoms. The number of hydrogen-bond acceptors (Lipinski definition) is 4. The maximum absolute atomic E-state index is 11.5. The molecule has 0 aromatic heterocycles. The summed E-state index contributed by atoms with van der Waals surface area (Å²) in [4.78, 5) is 11.5. The monoisotopic (exact) mass is 221 g/mol. The first-order valence-corrected chi connectivity index (χ1v) is 4.92. The Morgan fingerprint density at radius 3 is 2.81 bits per heavy atom. The van der Waals surface area contributed by atoms with Crippen LogP contribution in [0.15, 0.2) is 23.3 Å². The van der Waals surface area contributed by atoms with E-state index in [1.165, 1.54) is 12.1 Å². The number of nitrogen functional groups attached to an aromatic ring is 1. The minimum atomic E-state index is -0.464.